The Balaban J connectivity index is 2.78. The summed E-state index contributed by atoms with van der Waals surface area (Å²) in [5, 5.41) is 0. The summed E-state index contributed by atoms with van der Waals surface area (Å²) in [6.07, 6.45) is 0. The Morgan fingerprint density at radius 1 is 1.33 bits per heavy atom. The molecule has 0 aliphatic rings. The molecule has 0 amide bonds. The van der Waals surface area contributed by atoms with Gasteiger partial charge in [0.1, 0.15) is 5.82 Å². The molecule has 0 unspecified atom stereocenters. The molecule has 0 aromatic heterocycles. The Morgan fingerprint density at radius 3 is 2.33 bits per heavy atom. The molecule has 0 heterocycles. The van der Waals surface area contributed by atoms with Crippen LogP contribution in [0.4, 0.5) is 4.39 Å². The zero-order valence-electron chi connectivity index (χ0n) is 8.48. The third-order valence-electron chi connectivity index (χ3n) is 2.17. The lowest BCUT2D eigenvalue weighted by Crippen LogP contribution is -2.22. The van der Waals surface area contributed by atoms with Crippen LogP contribution in [0.1, 0.15) is 18.5 Å². The summed E-state index contributed by atoms with van der Waals surface area (Å²) in [4.78, 5) is 0. The lowest BCUT2D eigenvalue weighted by atomic mass is 10.1. The smallest absolute Gasteiger partial charge is 0.151 e. The summed E-state index contributed by atoms with van der Waals surface area (Å²) in [5.74, 6) is -0.388. The number of halogens is 1. The van der Waals surface area contributed by atoms with E-state index in [4.69, 9.17) is 5.73 Å². The molecule has 0 bridgehead atoms. The summed E-state index contributed by atoms with van der Waals surface area (Å²) in [6.45, 7) is 1.58. The van der Waals surface area contributed by atoms with Gasteiger partial charge in [0.2, 0.25) is 0 Å². The summed E-state index contributed by atoms with van der Waals surface area (Å²) in [7, 11) is -3.10. The second-order valence-corrected chi connectivity index (χ2v) is 5.75. The van der Waals surface area contributed by atoms with E-state index in [9.17, 15) is 12.8 Å². The van der Waals surface area contributed by atoms with Gasteiger partial charge in [-0.05, 0) is 17.7 Å². The minimum atomic E-state index is -3.10. The van der Waals surface area contributed by atoms with Gasteiger partial charge < -0.3 is 5.73 Å². The van der Waals surface area contributed by atoms with E-state index in [2.05, 4.69) is 0 Å². The average Bonchev–Trinajstić information content (AvgIpc) is 2.18. The van der Waals surface area contributed by atoms with Gasteiger partial charge in [0.15, 0.2) is 9.84 Å². The van der Waals surface area contributed by atoms with E-state index in [-0.39, 0.29) is 17.3 Å². The Labute approximate surface area is 89.0 Å². The molecule has 0 radical (unpaired) electrons. The fourth-order valence-corrected chi connectivity index (χ4v) is 2.17. The van der Waals surface area contributed by atoms with Crippen LogP contribution in [0, 0.1) is 5.82 Å². The molecule has 1 atom stereocenters. The van der Waals surface area contributed by atoms with Crippen LogP contribution in [0.3, 0.4) is 0 Å². The molecule has 2 N–H and O–H groups in total. The Bertz CT molecular complexity index is 414. The molecule has 0 saturated carbocycles. The molecule has 0 aliphatic carbocycles. The van der Waals surface area contributed by atoms with Crippen molar-refractivity contribution in [3.63, 3.8) is 0 Å². The van der Waals surface area contributed by atoms with Gasteiger partial charge in [-0.3, -0.25) is 0 Å². The quantitative estimate of drug-likeness (QED) is 0.848. The highest BCUT2D eigenvalue weighted by molar-refractivity contribution is 7.91. The predicted molar refractivity (Wildman–Crippen MR) is 57.7 cm³/mol. The maximum absolute atomic E-state index is 12.6. The molecular weight excluding hydrogens is 217 g/mol. The fourth-order valence-electron chi connectivity index (χ4n) is 1.20. The second-order valence-electron chi connectivity index (χ2n) is 3.36. The van der Waals surface area contributed by atoms with Crippen LogP contribution >= 0.6 is 0 Å². The highest BCUT2D eigenvalue weighted by Gasteiger charge is 2.15. The average molecular weight is 231 g/mol. The summed E-state index contributed by atoms with van der Waals surface area (Å²) in [6, 6.07) is 4.97. The zero-order valence-corrected chi connectivity index (χ0v) is 9.30. The highest BCUT2D eigenvalue weighted by atomic mass is 32.2. The molecule has 1 aromatic rings. The SMILES string of the molecule is CCS(=O)(=O)C[C@@H](N)c1ccc(F)cc1. The number of hydrogen-bond donors (Lipinski definition) is 1. The highest BCUT2D eigenvalue weighted by Crippen LogP contribution is 2.13. The number of sulfone groups is 1. The van der Waals surface area contributed by atoms with E-state index < -0.39 is 15.9 Å². The third kappa shape index (κ3) is 3.60. The van der Waals surface area contributed by atoms with Gasteiger partial charge in [-0.1, -0.05) is 19.1 Å². The van der Waals surface area contributed by atoms with Gasteiger partial charge in [0, 0.05) is 11.8 Å². The van der Waals surface area contributed by atoms with Gasteiger partial charge in [-0.15, -0.1) is 0 Å². The summed E-state index contributed by atoms with van der Waals surface area (Å²) < 4.78 is 35.2. The Hall–Kier alpha value is -0.940. The number of rotatable bonds is 4. The molecule has 3 nitrogen and oxygen atoms in total. The maximum Gasteiger partial charge on any atom is 0.151 e. The number of benzene rings is 1. The second kappa shape index (κ2) is 4.72. The largest absolute Gasteiger partial charge is 0.323 e. The Kier molecular flexibility index (Phi) is 3.82. The lowest BCUT2D eigenvalue weighted by molar-refractivity contribution is 0.590. The van der Waals surface area contributed by atoms with Crippen molar-refractivity contribution in [2.24, 2.45) is 5.73 Å². The van der Waals surface area contributed by atoms with Gasteiger partial charge in [-0.25, -0.2) is 12.8 Å². The standard InChI is InChI=1S/C10H14FNO2S/c1-2-15(13,14)7-10(12)8-3-5-9(11)6-4-8/h3-6,10H,2,7,12H2,1H3/t10-/m1/s1. The van der Waals surface area contributed by atoms with E-state index in [1.807, 2.05) is 0 Å². The van der Waals surface area contributed by atoms with Gasteiger partial charge in [0.25, 0.3) is 0 Å². The van der Waals surface area contributed by atoms with Crippen molar-refractivity contribution in [3.8, 4) is 0 Å². The van der Waals surface area contributed by atoms with Crippen LogP contribution < -0.4 is 5.73 Å². The molecule has 0 saturated heterocycles. The van der Waals surface area contributed by atoms with Crippen LogP contribution in [0.5, 0.6) is 0 Å². The van der Waals surface area contributed by atoms with E-state index in [0.717, 1.165) is 0 Å². The molecule has 84 valence electrons. The van der Waals surface area contributed by atoms with Crippen molar-refractivity contribution in [2.45, 2.75) is 13.0 Å². The third-order valence-corrected chi connectivity index (χ3v) is 3.92. The van der Waals surface area contributed by atoms with Crippen LogP contribution in [0.25, 0.3) is 0 Å². The zero-order chi connectivity index (χ0) is 11.5. The van der Waals surface area contributed by atoms with Gasteiger partial charge >= 0.3 is 0 Å². The van der Waals surface area contributed by atoms with Gasteiger partial charge in [0.05, 0.1) is 5.75 Å². The first-order valence-electron chi connectivity index (χ1n) is 4.66. The minimum Gasteiger partial charge on any atom is -0.323 e. The molecule has 1 aromatic carbocycles. The van der Waals surface area contributed by atoms with Crippen molar-refractivity contribution in [1.29, 1.82) is 0 Å². The first-order valence-corrected chi connectivity index (χ1v) is 6.48. The summed E-state index contributed by atoms with van der Waals surface area (Å²) >= 11 is 0. The van der Waals surface area contributed by atoms with E-state index >= 15 is 0 Å². The summed E-state index contributed by atoms with van der Waals surface area (Å²) in [5.41, 5.74) is 6.34. The van der Waals surface area contributed by atoms with Crippen LogP contribution in [-0.2, 0) is 9.84 Å². The van der Waals surface area contributed by atoms with Crippen LogP contribution in [0.15, 0.2) is 24.3 Å². The molecule has 0 spiro atoms. The molecule has 1 rings (SSSR count). The van der Waals surface area contributed by atoms with Crippen molar-refractivity contribution in [1.82, 2.24) is 0 Å². The van der Waals surface area contributed by atoms with Crippen LogP contribution in [0.2, 0.25) is 0 Å². The van der Waals surface area contributed by atoms with Crippen molar-refractivity contribution < 1.29 is 12.8 Å². The van der Waals surface area contributed by atoms with E-state index in [0.29, 0.717) is 5.56 Å². The Morgan fingerprint density at radius 2 is 1.87 bits per heavy atom. The van der Waals surface area contributed by atoms with Crippen molar-refractivity contribution >= 4 is 9.84 Å². The first-order chi connectivity index (χ1) is 6.94. The van der Waals surface area contributed by atoms with Crippen molar-refractivity contribution in [2.75, 3.05) is 11.5 Å². The van der Waals surface area contributed by atoms with E-state index in [1.54, 1.807) is 6.92 Å². The molecule has 5 heteroatoms. The van der Waals surface area contributed by atoms with Crippen molar-refractivity contribution in [3.05, 3.63) is 35.6 Å². The minimum absolute atomic E-state index is 0.0713. The number of nitrogens with two attached hydrogens (primary N) is 1. The lowest BCUT2D eigenvalue weighted by Gasteiger charge is -2.11. The number of hydrogen-bond acceptors (Lipinski definition) is 3. The maximum atomic E-state index is 12.6. The predicted octanol–water partition coefficient (Wildman–Crippen LogP) is 1.26. The van der Waals surface area contributed by atoms with Gasteiger partial charge in [-0.2, -0.15) is 0 Å². The molecule has 0 fully saturated rings. The van der Waals surface area contributed by atoms with Crippen LogP contribution in [-0.4, -0.2) is 19.9 Å². The first kappa shape index (κ1) is 12.1. The molecular formula is C10H14FNO2S. The molecule has 15 heavy (non-hydrogen) atoms. The normalized spacial score (nSPS) is 13.8. The molecule has 0 aliphatic heterocycles. The monoisotopic (exact) mass is 231 g/mol. The fraction of sp³-hybridized carbons (Fsp3) is 0.400. The van der Waals surface area contributed by atoms with E-state index in [1.165, 1.54) is 24.3 Å². The topological polar surface area (TPSA) is 60.2 Å².